The van der Waals surface area contributed by atoms with Crippen molar-refractivity contribution in [2.75, 3.05) is 24.6 Å². The molecule has 2 unspecified atom stereocenters. The first kappa shape index (κ1) is 24.6. The first-order valence-electron chi connectivity index (χ1n) is 12.8. The van der Waals surface area contributed by atoms with Crippen LogP contribution in [0.4, 0.5) is 23.4 Å². The number of nitrogens with zero attached hydrogens (tertiary/aromatic N) is 4. The Morgan fingerprint density at radius 3 is 2.55 bits per heavy atom. The Kier molecular flexibility index (Phi) is 6.20. The van der Waals surface area contributed by atoms with Crippen molar-refractivity contribution in [2.24, 2.45) is 11.8 Å². The first-order valence-corrected chi connectivity index (χ1v) is 12.8. The van der Waals surface area contributed by atoms with Crippen molar-refractivity contribution in [3.8, 4) is 23.0 Å². The summed E-state index contributed by atoms with van der Waals surface area (Å²) in [7, 11) is 0. The van der Waals surface area contributed by atoms with Gasteiger partial charge in [-0.2, -0.15) is 23.1 Å². The average molecular weight is 527 g/mol. The van der Waals surface area contributed by atoms with Gasteiger partial charge < -0.3 is 14.7 Å². The quantitative estimate of drug-likeness (QED) is 0.224. The van der Waals surface area contributed by atoms with Gasteiger partial charge in [0.05, 0.1) is 12.0 Å². The highest BCUT2D eigenvalue weighted by Gasteiger charge is 2.35. The molecule has 38 heavy (non-hydrogen) atoms. The average Bonchev–Trinajstić information content (AvgIpc) is 3.23. The van der Waals surface area contributed by atoms with Crippen LogP contribution < -0.4 is 9.64 Å². The summed E-state index contributed by atoms with van der Waals surface area (Å²) in [5.41, 5.74) is 0.399. The van der Waals surface area contributed by atoms with Crippen LogP contribution in [-0.2, 0) is 0 Å². The summed E-state index contributed by atoms with van der Waals surface area (Å²) in [6.07, 6.45) is -0.585. The molecule has 198 valence electrons. The van der Waals surface area contributed by atoms with Crippen molar-refractivity contribution in [1.29, 1.82) is 0 Å². The predicted octanol–water partition coefficient (Wildman–Crippen LogP) is 6.65. The molecule has 4 aromatic rings. The zero-order valence-corrected chi connectivity index (χ0v) is 20.5. The van der Waals surface area contributed by atoms with E-state index >= 15 is 4.39 Å². The zero-order chi connectivity index (χ0) is 26.4. The number of hydrogen-bond acceptors (Lipinski definition) is 6. The second-order valence-corrected chi connectivity index (χ2v) is 10.2. The Hall–Kier alpha value is -3.69. The minimum Gasteiger partial charge on any atom is -0.508 e. The lowest BCUT2D eigenvalue weighted by molar-refractivity contribution is -0.136. The van der Waals surface area contributed by atoms with Gasteiger partial charge in [-0.25, -0.2) is 4.39 Å². The molecule has 3 heterocycles. The highest BCUT2D eigenvalue weighted by Crippen LogP contribution is 2.41. The second-order valence-electron chi connectivity index (χ2n) is 10.2. The molecule has 0 amide bonds. The van der Waals surface area contributed by atoms with Gasteiger partial charge in [-0.1, -0.05) is 24.3 Å². The largest absolute Gasteiger partial charge is 0.508 e. The Bertz CT molecular complexity index is 1500. The van der Waals surface area contributed by atoms with Crippen LogP contribution in [0.25, 0.3) is 32.9 Å². The van der Waals surface area contributed by atoms with Gasteiger partial charge in [0.15, 0.2) is 5.82 Å². The number of pyridine rings is 1. The number of piperidine rings is 1. The van der Waals surface area contributed by atoms with Crippen molar-refractivity contribution in [3.63, 3.8) is 0 Å². The molecule has 10 heteroatoms. The third-order valence-electron chi connectivity index (χ3n) is 7.49. The molecular formula is C28H26F4N4O2. The van der Waals surface area contributed by atoms with Gasteiger partial charge in [0.1, 0.15) is 22.8 Å². The van der Waals surface area contributed by atoms with Crippen LogP contribution in [0.15, 0.2) is 42.6 Å². The van der Waals surface area contributed by atoms with Crippen molar-refractivity contribution in [3.05, 3.63) is 48.4 Å². The molecule has 1 saturated carbocycles. The number of rotatable bonds is 6. The molecule has 2 aliphatic rings. The van der Waals surface area contributed by atoms with Gasteiger partial charge in [-0.05, 0) is 60.4 Å². The number of alkyl halides is 3. The molecule has 1 N–H and O–H groups in total. The smallest absolute Gasteiger partial charge is 0.389 e. The van der Waals surface area contributed by atoms with Crippen LogP contribution in [0, 0.1) is 17.7 Å². The molecule has 6 rings (SSSR count). The number of fused-ring (bicyclic) bond motifs is 4. The van der Waals surface area contributed by atoms with Crippen LogP contribution >= 0.6 is 0 Å². The summed E-state index contributed by atoms with van der Waals surface area (Å²) < 4.78 is 59.5. The van der Waals surface area contributed by atoms with Gasteiger partial charge in [-0.15, -0.1) is 0 Å². The molecule has 2 aromatic heterocycles. The normalized spacial score (nSPS) is 19.4. The minimum atomic E-state index is -4.29. The number of aromatic hydroxyl groups is 1. The lowest BCUT2D eigenvalue weighted by atomic mass is 9.98. The number of benzene rings is 2. The van der Waals surface area contributed by atoms with Crippen LogP contribution in [0.2, 0.25) is 0 Å². The van der Waals surface area contributed by atoms with Crippen LogP contribution in [0.5, 0.6) is 11.8 Å². The number of phenols is 1. The third-order valence-corrected chi connectivity index (χ3v) is 7.49. The minimum absolute atomic E-state index is 0.0102. The number of anilines is 1. The van der Waals surface area contributed by atoms with Gasteiger partial charge in [0.25, 0.3) is 0 Å². The molecule has 2 aromatic carbocycles. The predicted molar refractivity (Wildman–Crippen MR) is 136 cm³/mol. The fraction of sp³-hybridized carbons (Fsp3) is 0.393. The van der Waals surface area contributed by atoms with E-state index in [1.165, 1.54) is 12.3 Å². The molecule has 1 aliphatic heterocycles. The van der Waals surface area contributed by atoms with E-state index in [9.17, 15) is 18.3 Å². The Labute approximate surface area is 216 Å². The number of hydrogen-bond donors (Lipinski definition) is 1. The molecule has 6 nitrogen and oxygen atoms in total. The van der Waals surface area contributed by atoms with E-state index in [1.807, 2.05) is 24.3 Å². The number of ether oxygens (including phenoxy) is 1. The van der Waals surface area contributed by atoms with Crippen molar-refractivity contribution >= 4 is 27.5 Å². The lowest BCUT2D eigenvalue weighted by Gasteiger charge is -2.33. The lowest BCUT2D eigenvalue weighted by Crippen LogP contribution is -2.37. The number of phenolic OH excluding ortho intramolecular Hbond substituents is 1. The summed E-state index contributed by atoms with van der Waals surface area (Å²) in [5, 5.41) is 12.1. The maximum Gasteiger partial charge on any atom is 0.389 e. The molecule has 1 aliphatic carbocycles. The SMILES string of the molecule is Oc1cc(-c2ncc3c(N4CC5CCC(C5)C4)nc(OCCCC(F)(F)F)nc3c2F)c2ccccc2c1. The van der Waals surface area contributed by atoms with E-state index in [1.54, 1.807) is 6.07 Å². The van der Waals surface area contributed by atoms with E-state index < -0.39 is 18.4 Å². The molecule has 2 fully saturated rings. The summed E-state index contributed by atoms with van der Waals surface area (Å²) in [6.45, 7) is 1.28. The Morgan fingerprint density at radius 1 is 1.03 bits per heavy atom. The monoisotopic (exact) mass is 526 g/mol. The molecule has 2 atom stereocenters. The Balaban J connectivity index is 1.45. The summed E-state index contributed by atoms with van der Waals surface area (Å²) in [6, 6.07) is 10.2. The fourth-order valence-electron chi connectivity index (χ4n) is 5.82. The topological polar surface area (TPSA) is 71.4 Å². The van der Waals surface area contributed by atoms with E-state index in [2.05, 4.69) is 19.9 Å². The van der Waals surface area contributed by atoms with Crippen molar-refractivity contribution < 1.29 is 27.4 Å². The van der Waals surface area contributed by atoms with Crippen molar-refractivity contribution in [1.82, 2.24) is 15.0 Å². The fourth-order valence-corrected chi connectivity index (χ4v) is 5.82. The second kappa shape index (κ2) is 9.56. The van der Waals surface area contributed by atoms with Crippen LogP contribution in [-0.4, -0.2) is 45.9 Å². The van der Waals surface area contributed by atoms with E-state index in [0.29, 0.717) is 34.0 Å². The van der Waals surface area contributed by atoms with Gasteiger partial charge in [-0.3, -0.25) is 4.98 Å². The summed E-state index contributed by atoms with van der Waals surface area (Å²) in [4.78, 5) is 15.4. The summed E-state index contributed by atoms with van der Waals surface area (Å²) in [5.74, 6) is 0.787. The first-order chi connectivity index (χ1) is 18.2. The van der Waals surface area contributed by atoms with E-state index in [0.717, 1.165) is 37.7 Å². The highest BCUT2D eigenvalue weighted by atomic mass is 19.4. The Morgan fingerprint density at radius 2 is 1.79 bits per heavy atom. The highest BCUT2D eigenvalue weighted by molar-refractivity contribution is 5.99. The van der Waals surface area contributed by atoms with Crippen LogP contribution in [0.1, 0.15) is 32.1 Å². The maximum absolute atomic E-state index is 16.2. The van der Waals surface area contributed by atoms with E-state index in [4.69, 9.17) is 4.74 Å². The van der Waals surface area contributed by atoms with E-state index in [-0.39, 0.29) is 36.0 Å². The van der Waals surface area contributed by atoms with Gasteiger partial charge in [0.2, 0.25) is 0 Å². The standard InChI is InChI=1S/C28H26F4N4O2/c29-23-24(21-12-19(37)11-18-4-1-2-5-20(18)21)33-13-22-25(23)34-27(38-9-3-8-28(30,31)32)35-26(22)36-14-16-6-7-17(10-16)15-36/h1-2,4-5,11-13,16-17,37H,3,6-10,14-15H2. The zero-order valence-electron chi connectivity index (χ0n) is 20.5. The maximum atomic E-state index is 16.2. The molecular weight excluding hydrogens is 500 g/mol. The third kappa shape index (κ3) is 4.79. The molecule has 0 spiro atoms. The number of halogens is 4. The van der Waals surface area contributed by atoms with Crippen LogP contribution in [0.3, 0.4) is 0 Å². The summed E-state index contributed by atoms with van der Waals surface area (Å²) >= 11 is 0. The molecule has 0 radical (unpaired) electrons. The number of aromatic nitrogens is 3. The molecule has 2 bridgehead atoms. The van der Waals surface area contributed by atoms with Crippen molar-refractivity contribution in [2.45, 2.75) is 38.3 Å². The molecule has 1 saturated heterocycles. The van der Waals surface area contributed by atoms with Gasteiger partial charge >= 0.3 is 12.2 Å². The van der Waals surface area contributed by atoms with Gasteiger partial charge in [0, 0.05) is 31.3 Å².